The van der Waals surface area contributed by atoms with Crippen molar-refractivity contribution >= 4 is 65.3 Å². The molecule has 0 spiro atoms. The zero-order valence-electron chi connectivity index (χ0n) is 15.9. The van der Waals surface area contributed by atoms with Gasteiger partial charge in [-0.3, -0.25) is 0 Å². The van der Waals surface area contributed by atoms with E-state index >= 15 is 0 Å². The molecule has 5 aromatic carbocycles. The number of hydrogen-bond acceptors (Lipinski definition) is 1. The highest BCUT2D eigenvalue weighted by Gasteiger charge is 2.19. The lowest BCUT2D eigenvalue weighted by molar-refractivity contribution is 0.662. The van der Waals surface area contributed by atoms with Crippen LogP contribution >= 0.6 is 0 Å². The maximum Gasteiger partial charge on any atom is 0.135 e. The summed E-state index contributed by atoms with van der Waals surface area (Å²) in [5.74, 6) is 0. The Balaban J connectivity index is 1.99. The number of hydrogen-bond donors (Lipinski definition) is 0. The van der Waals surface area contributed by atoms with Gasteiger partial charge in [-0.25, -0.2) is 0 Å². The van der Waals surface area contributed by atoms with E-state index < -0.39 is 0 Å². The number of aryl methyl sites for hydroxylation is 1. The Kier molecular flexibility index (Phi) is 2.71. The Labute approximate surface area is 166 Å². The van der Waals surface area contributed by atoms with Gasteiger partial charge < -0.3 is 8.98 Å². The molecule has 7 rings (SSSR count). The highest BCUT2D eigenvalue weighted by Crippen LogP contribution is 2.45. The minimum Gasteiger partial charge on any atom is -0.456 e. The van der Waals surface area contributed by atoms with Crippen LogP contribution < -0.4 is 0 Å². The number of benzene rings is 5. The molecule has 0 amide bonds. The number of nitrogens with zero attached hydrogens (tertiary/aromatic N) is 1. The predicted octanol–water partition coefficient (Wildman–Crippen LogP) is 7.54. The molecule has 7 aromatic rings. The molecule has 0 aliphatic rings. The molecule has 136 valence electrons. The second kappa shape index (κ2) is 5.18. The number of pyridine rings is 1. The van der Waals surface area contributed by atoms with E-state index in [-0.39, 0.29) is 0 Å². The average molecular weight is 371 g/mol. The molecule has 0 saturated heterocycles. The van der Waals surface area contributed by atoms with E-state index in [1.807, 2.05) is 6.07 Å². The van der Waals surface area contributed by atoms with Gasteiger partial charge in [0.2, 0.25) is 0 Å². The van der Waals surface area contributed by atoms with Gasteiger partial charge in [0.05, 0.1) is 0 Å². The third-order valence-corrected chi connectivity index (χ3v) is 6.38. The first-order valence-electron chi connectivity index (χ1n) is 9.95. The normalized spacial score (nSPS) is 12.3. The zero-order valence-corrected chi connectivity index (χ0v) is 15.9. The van der Waals surface area contributed by atoms with E-state index in [0.717, 1.165) is 11.2 Å². The Morgan fingerprint density at radius 1 is 0.483 bits per heavy atom. The summed E-state index contributed by atoms with van der Waals surface area (Å²) < 4.78 is 8.66. The molecule has 0 N–H and O–H groups in total. The summed E-state index contributed by atoms with van der Waals surface area (Å²) in [6, 6.07) is 30.2. The number of para-hydroxylation sites is 2. The van der Waals surface area contributed by atoms with Crippen molar-refractivity contribution in [3.8, 4) is 0 Å². The van der Waals surface area contributed by atoms with Crippen LogP contribution in [0, 0.1) is 0 Å². The lowest BCUT2D eigenvalue weighted by Crippen LogP contribution is -1.98. The van der Waals surface area contributed by atoms with Crippen LogP contribution in [0.5, 0.6) is 0 Å². The molecule has 29 heavy (non-hydrogen) atoms. The Bertz CT molecular complexity index is 1760. The van der Waals surface area contributed by atoms with E-state index in [0.29, 0.717) is 0 Å². The summed E-state index contributed by atoms with van der Waals surface area (Å²) in [7, 11) is 2.17. The van der Waals surface area contributed by atoms with Gasteiger partial charge in [0.15, 0.2) is 0 Å². The summed E-state index contributed by atoms with van der Waals surface area (Å²) in [6.45, 7) is 0. The molecular formula is C27H17NO. The molecular weight excluding hydrogens is 354 g/mol. The first kappa shape index (κ1) is 15.2. The Morgan fingerprint density at radius 3 is 1.97 bits per heavy atom. The van der Waals surface area contributed by atoms with Gasteiger partial charge in [0.1, 0.15) is 11.2 Å². The molecule has 0 radical (unpaired) electrons. The third kappa shape index (κ3) is 1.77. The van der Waals surface area contributed by atoms with E-state index in [9.17, 15) is 0 Å². The smallest absolute Gasteiger partial charge is 0.135 e. The van der Waals surface area contributed by atoms with Gasteiger partial charge >= 0.3 is 0 Å². The maximum absolute atomic E-state index is 6.34. The number of aromatic nitrogens is 1. The molecule has 0 saturated carbocycles. The van der Waals surface area contributed by atoms with E-state index in [4.69, 9.17) is 4.42 Å². The van der Waals surface area contributed by atoms with Crippen LogP contribution in [0.4, 0.5) is 0 Å². The van der Waals surface area contributed by atoms with Crippen LogP contribution in [0.25, 0.3) is 65.3 Å². The van der Waals surface area contributed by atoms with Crippen molar-refractivity contribution in [2.75, 3.05) is 0 Å². The van der Waals surface area contributed by atoms with Crippen molar-refractivity contribution in [3.05, 3.63) is 84.9 Å². The first-order chi connectivity index (χ1) is 14.3. The lowest BCUT2D eigenvalue weighted by Gasteiger charge is -2.20. The van der Waals surface area contributed by atoms with Gasteiger partial charge in [-0.1, -0.05) is 60.7 Å². The number of fused-ring (bicyclic) bond motifs is 6. The topological polar surface area (TPSA) is 18.1 Å². The summed E-state index contributed by atoms with van der Waals surface area (Å²) >= 11 is 0. The molecule has 2 aromatic heterocycles. The van der Waals surface area contributed by atoms with Crippen LogP contribution in [0.2, 0.25) is 0 Å². The highest BCUT2D eigenvalue weighted by molar-refractivity contribution is 6.39. The molecule has 2 heterocycles. The fourth-order valence-corrected chi connectivity index (χ4v) is 5.19. The quantitative estimate of drug-likeness (QED) is 0.199. The van der Waals surface area contributed by atoms with Crippen LogP contribution in [-0.2, 0) is 7.05 Å². The fourth-order valence-electron chi connectivity index (χ4n) is 5.19. The predicted molar refractivity (Wildman–Crippen MR) is 123 cm³/mol. The molecule has 0 atom stereocenters. The third-order valence-electron chi connectivity index (χ3n) is 6.38. The molecule has 0 bridgehead atoms. The van der Waals surface area contributed by atoms with Crippen LogP contribution in [0.1, 0.15) is 0 Å². The summed E-state index contributed by atoms with van der Waals surface area (Å²) in [5, 5.41) is 10.1. The van der Waals surface area contributed by atoms with E-state index in [2.05, 4.69) is 90.5 Å². The minimum absolute atomic E-state index is 0.928. The molecule has 2 nitrogen and oxygen atoms in total. The second-order valence-corrected chi connectivity index (χ2v) is 7.80. The van der Waals surface area contributed by atoms with Crippen molar-refractivity contribution in [1.29, 1.82) is 0 Å². The lowest BCUT2D eigenvalue weighted by atomic mass is 9.89. The van der Waals surface area contributed by atoms with Crippen LogP contribution in [0.3, 0.4) is 0 Å². The molecule has 0 aliphatic carbocycles. The maximum atomic E-state index is 6.34. The van der Waals surface area contributed by atoms with Crippen molar-refractivity contribution in [1.82, 2.24) is 4.57 Å². The summed E-state index contributed by atoms with van der Waals surface area (Å²) in [5.41, 5.74) is 4.36. The average Bonchev–Trinajstić information content (AvgIpc) is 2.78. The molecule has 2 heteroatoms. The zero-order chi connectivity index (χ0) is 19.1. The standard InChI is InChI=1S/C27H17NO/c1-28-20-12-4-2-8-16(20)24-19-11-7-15-23-27(19)25(17-9-3-5-14-22(17)29-23)18-10-6-13-21(28)26(18)24/h2-15H,1H3. The molecule has 0 fully saturated rings. The van der Waals surface area contributed by atoms with Gasteiger partial charge in [0.25, 0.3) is 0 Å². The van der Waals surface area contributed by atoms with Gasteiger partial charge in [0, 0.05) is 50.4 Å². The minimum atomic E-state index is 0.928. The fraction of sp³-hybridized carbons (Fsp3) is 0.0370. The summed E-state index contributed by atoms with van der Waals surface area (Å²) in [6.07, 6.45) is 0. The van der Waals surface area contributed by atoms with Crippen LogP contribution in [-0.4, -0.2) is 4.57 Å². The number of rotatable bonds is 0. The SMILES string of the molecule is Cn1c2ccccc2c2c3cccc4oc5ccccc5c(c5cccc1c52)c43. The van der Waals surface area contributed by atoms with Crippen LogP contribution in [0.15, 0.2) is 89.3 Å². The van der Waals surface area contributed by atoms with Crippen molar-refractivity contribution in [2.45, 2.75) is 0 Å². The second-order valence-electron chi connectivity index (χ2n) is 7.80. The van der Waals surface area contributed by atoms with E-state index in [1.165, 1.54) is 54.1 Å². The van der Waals surface area contributed by atoms with Crippen molar-refractivity contribution in [2.24, 2.45) is 7.05 Å². The van der Waals surface area contributed by atoms with Crippen molar-refractivity contribution < 1.29 is 4.42 Å². The Hall–Kier alpha value is -3.78. The Morgan fingerprint density at radius 2 is 1.07 bits per heavy atom. The van der Waals surface area contributed by atoms with Crippen molar-refractivity contribution in [3.63, 3.8) is 0 Å². The van der Waals surface area contributed by atoms with Gasteiger partial charge in [-0.15, -0.1) is 0 Å². The highest BCUT2D eigenvalue weighted by atomic mass is 16.3. The molecule has 0 unspecified atom stereocenters. The monoisotopic (exact) mass is 371 g/mol. The van der Waals surface area contributed by atoms with Gasteiger partial charge in [-0.2, -0.15) is 0 Å². The van der Waals surface area contributed by atoms with Gasteiger partial charge in [-0.05, 0) is 35.0 Å². The molecule has 0 aliphatic heterocycles. The first-order valence-corrected chi connectivity index (χ1v) is 9.95. The summed E-state index contributed by atoms with van der Waals surface area (Å²) in [4.78, 5) is 0. The van der Waals surface area contributed by atoms with E-state index in [1.54, 1.807) is 0 Å². The largest absolute Gasteiger partial charge is 0.456 e.